The van der Waals surface area contributed by atoms with E-state index in [0.29, 0.717) is 5.15 Å². The molecule has 0 amide bonds. The molecule has 0 saturated heterocycles. The molecule has 1 aromatic heterocycles. The zero-order valence-electron chi connectivity index (χ0n) is 8.85. The number of hydrogen-bond acceptors (Lipinski definition) is 1. The lowest BCUT2D eigenvalue weighted by Gasteiger charge is -2.22. The fraction of sp³-hybridized carbons (Fsp3) is 0.700. The molecule has 4 heteroatoms. The second kappa shape index (κ2) is 4.67. The molecule has 2 nitrogen and oxygen atoms in total. The standard InChI is InChI=1S/C10H16BrClN2/c1-4-14-7-13-9(12)8(14)5-10(2,3)6-11/h7H,4-6H2,1-3H3. The molecule has 0 aliphatic carbocycles. The van der Waals surface area contributed by atoms with E-state index in [2.05, 4.69) is 46.3 Å². The van der Waals surface area contributed by atoms with Gasteiger partial charge in [-0.1, -0.05) is 41.4 Å². The van der Waals surface area contributed by atoms with Gasteiger partial charge >= 0.3 is 0 Å². The molecule has 0 aromatic carbocycles. The normalized spacial score (nSPS) is 12.1. The van der Waals surface area contributed by atoms with Crippen LogP contribution in [0.1, 0.15) is 26.5 Å². The number of imidazole rings is 1. The van der Waals surface area contributed by atoms with Gasteiger partial charge in [-0.2, -0.15) is 0 Å². The van der Waals surface area contributed by atoms with Gasteiger partial charge in [0.05, 0.1) is 12.0 Å². The summed E-state index contributed by atoms with van der Waals surface area (Å²) in [6.07, 6.45) is 2.76. The maximum absolute atomic E-state index is 6.04. The van der Waals surface area contributed by atoms with Crippen molar-refractivity contribution >= 4 is 27.5 Å². The van der Waals surface area contributed by atoms with E-state index in [4.69, 9.17) is 11.6 Å². The number of nitrogens with zero attached hydrogens (tertiary/aromatic N) is 2. The molecule has 0 N–H and O–H groups in total. The summed E-state index contributed by atoms with van der Waals surface area (Å²) in [6, 6.07) is 0. The lowest BCUT2D eigenvalue weighted by atomic mass is 9.90. The number of hydrogen-bond donors (Lipinski definition) is 0. The van der Waals surface area contributed by atoms with Crippen LogP contribution >= 0.6 is 27.5 Å². The smallest absolute Gasteiger partial charge is 0.150 e. The Bertz CT molecular complexity index is 307. The molecular weight excluding hydrogens is 263 g/mol. The lowest BCUT2D eigenvalue weighted by molar-refractivity contribution is 0.411. The Hall–Kier alpha value is -0.0200. The Morgan fingerprint density at radius 3 is 2.71 bits per heavy atom. The Labute approximate surface area is 98.8 Å². The zero-order chi connectivity index (χ0) is 10.8. The highest BCUT2D eigenvalue weighted by atomic mass is 79.9. The van der Waals surface area contributed by atoms with Crippen molar-refractivity contribution in [2.24, 2.45) is 5.41 Å². The number of aromatic nitrogens is 2. The van der Waals surface area contributed by atoms with Gasteiger partial charge in [-0.15, -0.1) is 0 Å². The fourth-order valence-electron chi connectivity index (χ4n) is 1.33. The van der Waals surface area contributed by atoms with Crippen LogP contribution in [-0.2, 0) is 13.0 Å². The SMILES string of the molecule is CCn1cnc(Cl)c1CC(C)(C)CBr. The number of halogens is 2. The Kier molecular flexibility index (Phi) is 4.02. The molecule has 1 heterocycles. The van der Waals surface area contributed by atoms with E-state index in [1.54, 1.807) is 0 Å². The minimum atomic E-state index is 0.219. The van der Waals surface area contributed by atoms with Gasteiger partial charge in [0.25, 0.3) is 0 Å². The van der Waals surface area contributed by atoms with Gasteiger partial charge in [-0.3, -0.25) is 0 Å². The van der Waals surface area contributed by atoms with E-state index in [0.717, 1.165) is 24.0 Å². The number of alkyl halides is 1. The highest BCUT2D eigenvalue weighted by molar-refractivity contribution is 9.09. The first kappa shape index (κ1) is 12.1. The summed E-state index contributed by atoms with van der Waals surface area (Å²) < 4.78 is 2.10. The first-order valence-electron chi connectivity index (χ1n) is 4.75. The molecular formula is C10H16BrClN2. The highest BCUT2D eigenvalue weighted by Gasteiger charge is 2.21. The minimum Gasteiger partial charge on any atom is -0.333 e. The predicted octanol–water partition coefficient (Wildman–Crippen LogP) is 3.52. The molecule has 0 bridgehead atoms. The quantitative estimate of drug-likeness (QED) is 0.771. The summed E-state index contributed by atoms with van der Waals surface area (Å²) in [7, 11) is 0. The van der Waals surface area contributed by atoms with E-state index in [9.17, 15) is 0 Å². The molecule has 0 saturated carbocycles. The summed E-state index contributed by atoms with van der Waals surface area (Å²) >= 11 is 9.55. The van der Waals surface area contributed by atoms with Gasteiger partial charge in [0.2, 0.25) is 0 Å². The van der Waals surface area contributed by atoms with Crippen LogP contribution in [0.3, 0.4) is 0 Å². The third-order valence-corrected chi connectivity index (χ3v) is 4.08. The van der Waals surface area contributed by atoms with Crippen molar-refractivity contribution < 1.29 is 0 Å². The third-order valence-electron chi connectivity index (χ3n) is 2.24. The average molecular weight is 280 g/mol. The molecule has 0 atom stereocenters. The molecule has 0 unspecified atom stereocenters. The summed E-state index contributed by atoms with van der Waals surface area (Å²) in [5.74, 6) is 0. The predicted molar refractivity (Wildman–Crippen MR) is 64.2 cm³/mol. The first-order chi connectivity index (χ1) is 6.50. The van der Waals surface area contributed by atoms with Gasteiger partial charge in [-0.25, -0.2) is 4.98 Å². The van der Waals surface area contributed by atoms with Gasteiger partial charge in [0.15, 0.2) is 0 Å². The van der Waals surface area contributed by atoms with Crippen molar-refractivity contribution in [3.63, 3.8) is 0 Å². The van der Waals surface area contributed by atoms with Crippen molar-refractivity contribution in [1.82, 2.24) is 9.55 Å². The molecule has 0 spiro atoms. The first-order valence-corrected chi connectivity index (χ1v) is 6.25. The van der Waals surface area contributed by atoms with Crippen molar-refractivity contribution in [2.75, 3.05) is 5.33 Å². The van der Waals surface area contributed by atoms with Crippen LogP contribution in [0.5, 0.6) is 0 Å². The molecule has 14 heavy (non-hydrogen) atoms. The minimum absolute atomic E-state index is 0.219. The van der Waals surface area contributed by atoms with Crippen molar-refractivity contribution in [2.45, 2.75) is 33.7 Å². The maximum Gasteiger partial charge on any atom is 0.150 e. The van der Waals surface area contributed by atoms with Gasteiger partial charge in [0.1, 0.15) is 5.15 Å². The van der Waals surface area contributed by atoms with Crippen LogP contribution in [-0.4, -0.2) is 14.9 Å². The summed E-state index contributed by atoms with van der Waals surface area (Å²) in [6.45, 7) is 7.45. The van der Waals surface area contributed by atoms with Crippen LogP contribution in [0, 0.1) is 5.41 Å². The van der Waals surface area contributed by atoms with Gasteiger partial charge < -0.3 is 4.57 Å². The number of rotatable bonds is 4. The van der Waals surface area contributed by atoms with Gasteiger partial charge in [-0.05, 0) is 18.8 Å². The van der Waals surface area contributed by atoms with E-state index >= 15 is 0 Å². The Morgan fingerprint density at radius 1 is 1.57 bits per heavy atom. The van der Waals surface area contributed by atoms with Crippen LogP contribution in [0.4, 0.5) is 0 Å². The monoisotopic (exact) mass is 278 g/mol. The van der Waals surface area contributed by atoms with E-state index in [-0.39, 0.29) is 5.41 Å². The van der Waals surface area contributed by atoms with Crippen LogP contribution in [0.25, 0.3) is 0 Å². The van der Waals surface area contributed by atoms with Crippen LogP contribution in [0.15, 0.2) is 6.33 Å². The summed E-state index contributed by atoms with van der Waals surface area (Å²) in [5, 5.41) is 1.60. The number of aryl methyl sites for hydroxylation is 1. The highest BCUT2D eigenvalue weighted by Crippen LogP contribution is 2.27. The van der Waals surface area contributed by atoms with Crippen molar-refractivity contribution in [3.05, 3.63) is 17.2 Å². The third kappa shape index (κ3) is 2.74. The molecule has 0 radical (unpaired) electrons. The summed E-state index contributed by atoms with van der Waals surface area (Å²) in [4.78, 5) is 4.12. The second-order valence-corrected chi connectivity index (χ2v) is 5.16. The second-order valence-electron chi connectivity index (χ2n) is 4.24. The van der Waals surface area contributed by atoms with Crippen LogP contribution < -0.4 is 0 Å². The average Bonchev–Trinajstić information content (AvgIpc) is 2.48. The Morgan fingerprint density at radius 2 is 2.21 bits per heavy atom. The molecule has 0 aliphatic heterocycles. The van der Waals surface area contributed by atoms with Crippen LogP contribution in [0.2, 0.25) is 5.15 Å². The molecule has 1 aromatic rings. The van der Waals surface area contributed by atoms with E-state index in [1.165, 1.54) is 0 Å². The fourth-order valence-corrected chi connectivity index (χ4v) is 1.75. The topological polar surface area (TPSA) is 17.8 Å². The molecule has 80 valence electrons. The van der Waals surface area contributed by atoms with Gasteiger partial charge in [0, 0.05) is 11.9 Å². The maximum atomic E-state index is 6.04. The molecule has 1 rings (SSSR count). The Balaban J connectivity index is 2.89. The zero-order valence-corrected chi connectivity index (χ0v) is 11.2. The van der Waals surface area contributed by atoms with E-state index in [1.807, 2.05) is 6.33 Å². The lowest BCUT2D eigenvalue weighted by Crippen LogP contribution is -2.19. The molecule has 0 fully saturated rings. The van der Waals surface area contributed by atoms with Crippen molar-refractivity contribution in [1.29, 1.82) is 0 Å². The molecule has 0 aliphatic rings. The summed E-state index contributed by atoms with van der Waals surface area (Å²) in [5.41, 5.74) is 1.36. The van der Waals surface area contributed by atoms with Crippen molar-refractivity contribution in [3.8, 4) is 0 Å². The van der Waals surface area contributed by atoms with E-state index < -0.39 is 0 Å². The largest absolute Gasteiger partial charge is 0.333 e.